The number of azide groups is 1. The third kappa shape index (κ3) is 2.20. The predicted molar refractivity (Wildman–Crippen MR) is 56.0 cm³/mol. The molecule has 0 aromatic carbocycles. The minimum absolute atomic E-state index is 0.262. The maximum absolute atomic E-state index is 8.34. The molecule has 14 heavy (non-hydrogen) atoms. The number of piperidine rings is 1. The van der Waals surface area contributed by atoms with Crippen LogP contribution in [0.2, 0.25) is 0 Å². The molecule has 1 aliphatic heterocycles. The Balaban J connectivity index is 1.80. The molecule has 0 unspecified atom stereocenters. The largest absolute Gasteiger partial charge is 0.300 e. The van der Waals surface area contributed by atoms with Crippen molar-refractivity contribution in [1.82, 2.24) is 4.90 Å². The van der Waals surface area contributed by atoms with Gasteiger partial charge in [-0.2, -0.15) is 0 Å². The summed E-state index contributed by atoms with van der Waals surface area (Å²) in [5.74, 6) is 0. The molecule has 1 saturated heterocycles. The summed E-state index contributed by atoms with van der Waals surface area (Å²) < 4.78 is 0. The maximum Gasteiger partial charge on any atom is 0.0398 e. The molecule has 0 aromatic rings. The number of hydrogen-bond acceptors (Lipinski definition) is 2. The van der Waals surface area contributed by atoms with Crippen LogP contribution in [-0.2, 0) is 0 Å². The van der Waals surface area contributed by atoms with Crippen LogP contribution in [0.5, 0.6) is 0 Å². The third-order valence-corrected chi connectivity index (χ3v) is 3.56. The molecule has 0 N–H and O–H groups in total. The number of rotatable bonds is 2. The van der Waals surface area contributed by atoms with Crippen molar-refractivity contribution < 1.29 is 0 Å². The van der Waals surface area contributed by atoms with E-state index in [9.17, 15) is 0 Å². The van der Waals surface area contributed by atoms with Gasteiger partial charge in [-0.3, -0.25) is 0 Å². The molecule has 0 atom stereocenters. The predicted octanol–water partition coefficient (Wildman–Crippen LogP) is 2.70. The monoisotopic (exact) mass is 194 g/mol. The summed E-state index contributed by atoms with van der Waals surface area (Å²) in [6.45, 7) is 2.27. The van der Waals surface area contributed by atoms with E-state index < -0.39 is 0 Å². The zero-order valence-corrected chi connectivity index (χ0v) is 8.60. The zero-order valence-electron chi connectivity index (χ0n) is 8.60. The van der Waals surface area contributed by atoms with E-state index >= 15 is 0 Å². The molecule has 0 spiro atoms. The molecule has 1 heterocycles. The Bertz CT molecular complexity index is 220. The van der Waals surface area contributed by atoms with Gasteiger partial charge in [-0.15, -0.1) is 0 Å². The van der Waals surface area contributed by atoms with Gasteiger partial charge in [0.25, 0.3) is 0 Å². The van der Waals surface area contributed by atoms with Crippen LogP contribution in [0.15, 0.2) is 5.11 Å². The fraction of sp³-hybridized carbons (Fsp3) is 1.00. The summed E-state index contributed by atoms with van der Waals surface area (Å²) in [7, 11) is 0. The Morgan fingerprint density at radius 3 is 2.29 bits per heavy atom. The fourth-order valence-electron chi connectivity index (χ4n) is 2.71. The molecule has 0 bridgehead atoms. The minimum atomic E-state index is 0.262. The highest BCUT2D eigenvalue weighted by molar-refractivity contribution is 4.84. The van der Waals surface area contributed by atoms with E-state index in [1.165, 1.54) is 25.7 Å². The lowest BCUT2D eigenvalue weighted by Crippen LogP contribution is -2.41. The molecule has 0 radical (unpaired) electrons. The van der Waals surface area contributed by atoms with Crippen molar-refractivity contribution in [1.29, 1.82) is 0 Å². The van der Waals surface area contributed by atoms with Crippen LogP contribution in [0, 0.1) is 0 Å². The Hall–Kier alpha value is -0.730. The molecule has 4 nitrogen and oxygen atoms in total. The standard InChI is InChI=1S/C10H18N4/c11-13-12-9-5-7-14(8-6-9)10-3-1-2-4-10/h9-10H,1-8H2. The van der Waals surface area contributed by atoms with Gasteiger partial charge >= 0.3 is 0 Å². The lowest BCUT2D eigenvalue weighted by atomic mass is 10.0. The molecule has 1 aliphatic carbocycles. The first-order valence-electron chi connectivity index (χ1n) is 5.68. The minimum Gasteiger partial charge on any atom is -0.300 e. The van der Waals surface area contributed by atoms with E-state index in [1.807, 2.05) is 0 Å². The van der Waals surface area contributed by atoms with Crippen molar-refractivity contribution in [2.24, 2.45) is 5.11 Å². The summed E-state index contributed by atoms with van der Waals surface area (Å²) in [6, 6.07) is 1.10. The highest BCUT2D eigenvalue weighted by Crippen LogP contribution is 2.26. The topological polar surface area (TPSA) is 52.0 Å². The highest BCUT2D eigenvalue weighted by atomic mass is 15.2. The molecule has 4 heteroatoms. The van der Waals surface area contributed by atoms with Crippen molar-refractivity contribution in [2.75, 3.05) is 13.1 Å². The van der Waals surface area contributed by atoms with Crippen LogP contribution in [0.25, 0.3) is 10.4 Å². The Labute approximate surface area is 84.9 Å². The lowest BCUT2D eigenvalue weighted by molar-refractivity contribution is 0.155. The van der Waals surface area contributed by atoms with E-state index in [2.05, 4.69) is 14.9 Å². The fourth-order valence-corrected chi connectivity index (χ4v) is 2.71. The first kappa shape index (κ1) is 9.81. The van der Waals surface area contributed by atoms with Crippen LogP contribution in [-0.4, -0.2) is 30.1 Å². The van der Waals surface area contributed by atoms with Gasteiger partial charge < -0.3 is 4.90 Å². The van der Waals surface area contributed by atoms with Gasteiger partial charge in [0, 0.05) is 17.0 Å². The van der Waals surface area contributed by atoms with Crippen molar-refractivity contribution in [3.8, 4) is 0 Å². The van der Waals surface area contributed by atoms with Gasteiger partial charge in [0.1, 0.15) is 0 Å². The van der Waals surface area contributed by atoms with E-state index in [1.54, 1.807) is 0 Å². The zero-order chi connectivity index (χ0) is 9.80. The second-order valence-corrected chi connectivity index (χ2v) is 4.41. The van der Waals surface area contributed by atoms with Gasteiger partial charge in [0.2, 0.25) is 0 Å². The summed E-state index contributed by atoms with van der Waals surface area (Å²) in [5.41, 5.74) is 8.34. The van der Waals surface area contributed by atoms with Crippen LogP contribution in [0.4, 0.5) is 0 Å². The summed E-state index contributed by atoms with van der Waals surface area (Å²) in [5, 5.41) is 3.80. The number of likely N-dealkylation sites (tertiary alicyclic amines) is 1. The van der Waals surface area contributed by atoms with Gasteiger partial charge in [0.15, 0.2) is 0 Å². The van der Waals surface area contributed by atoms with E-state index in [4.69, 9.17) is 5.53 Å². The lowest BCUT2D eigenvalue weighted by Gasteiger charge is -2.34. The SMILES string of the molecule is [N-]=[N+]=NC1CCN(C2CCCC2)CC1. The number of hydrogen-bond donors (Lipinski definition) is 0. The third-order valence-electron chi connectivity index (χ3n) is 3.56. The second-order valence-electron chi connectivity index (χ2n) is 4.41. The molecule has 78 valence electrons. The first-order chi connectivity index (χ1) is 6.90. The number of nitrogens with zero attached hydrogens (tertiary/aromatic N) is 4. The van der Waals surface area contributed by atoms with Crippen molar-refractivity contribution in [3.63, 3.8) is 0 Å². The molecule has 2 fully saturated rings. The quantitative estimate of drug-likeness (QED) is 0.379. The Morgan fingerprint density at radius 2 is 1.71 bits per heavy atom. The van der Waals surface area contributed by atoms with Gasteiger partial charge in [-0.05, 0) is 44.3 Å². The van der Waals surface area contributed by atoms with Crippen LogP contribution in [0.1, 0.15) is 38.5 Å². The van der Waals surface area contributed by atoms with Gasteiger partial charge in [-0.1, -0.05) is 18.0 Å². The molecule has 2 aliphatic rings. The normalized spacial score (nSPS) is 26.3. The Morgan fingerprint density at radius 1 is 1.07 bits per heavy atom. The highest BCUT2D eigenvalue weighted by Gasteiger charge is 2.26. The van der Waals surface area contributed by atoms with E-state index in [-0.39, 0.29) is 6.04 Å². The van der Waals surface area contributed by atoms with Gasteiger partial charge in [-0.25, -0.2) is 0 Å². The Kier molecular flexibility index (Phi) is 3.27. The summed E-state index contributed by atoms with van der Waals surface area (Å²) in [6.07, 6.45) is 7.68. The molecular formula is C10H18N4. The van der Waals surface area contributed by atoms with Crippen LogP contribution >= 0.6 is 0 Å². The summed E-state index contributed by atoms with van der Waals surface area (Å²) >= 11 is 0. The molecular weight excluding hydrogens is 176 g/mol. The molecule has 0 amide bonds. The molecule has 0 aromatic heterocycles. The van der Waals surface area contributed by atoms with Crippen LogP contribution < -0.4 is 0 Å². The van der Waals surface area contributed by atoms with Crippen molar-refractivity contribution in [3.05, 3.63) is 10.4 Å². The van der Waals surface area contributed by atoms with Crippen LogP contribution in [0.3, 0.4) is 0 Å². The van der Waals surface area contributed by atoms with Crippen molar-refractivity contribution in [2.45, 2.75) is 50.6 Å². The smallest absolute Gasteiger partial charge is 0.0398 e. The second kappa shape index (κ2) is 4.67. The molecule has 1 saturated carbocycles. The van der Waals surface area contributed by atoms with E-state index in [0.717, 1.165) is 32.0 Å². The first-order valence-corrected chi connectivity index (χ1v) is 5.68. The summed E-state index contributed by atoms with van der Waals surface area (Å²) in [4.78, 5) is 5.48. The average molecular weight is 194 g/mol. The van der Waals surface area contributed by atoms with Gasteiger partial charge in [0.05, 0.1) is 0 Å². The average Bonchev–Trinajstić information content (AvgIpc) is 2.72. The van der Waals surface area contributed by atoms with E-state index in [0.29, 0.717) is 0 Å². The van der Waals surface area contributed by atoms with Crippen molar-refractivity contribution >= 4 is 0 Å². The molecule has 2 rings (SSSR count). The maximum atomic E-state index is 8.34.